The number of fused-ring (bicyclic) bond motifs is 1. The van der Waals surface area contributed by atoms with Crippen molar-refractivity contribution in [1.82, 2.24) is 9.97 Å². The van der Waals surface area contributed by atoms with Crippen LogP contribution in [0.5, 0.6) is 0 Å². The largest absolute Gasteiger partial charge is 0.405 e. The van der Waals surface area contributed by atoms with Crippen molar-refractivity contribution in [3.63, 3.8) is 0 Å². The Labute approximate surface area is 157 Å². The molecule has 0 atom stereocenters. The van der Waals surface area contributed by atoms with Crippen molar-refractivity contribution >= 4 is 34.3 Å². The van der Waals surface area contributed by atoms with Crippen molar-refractivity contribution in [1.29, 1.82) is 5.41 Å². The van der Waals surface area contributed by atoms with E-state index in [1.54, 1.807) is 19.3 Å². The van der Waals surface area contributed by atoms with E-state index in [0.717, 1.165) is 41.8 Å². The van der Waals surface area contributed by atoms with E-state index in [-0.39, 0.29) is 0 Å². The average molecular weight is 365 g/mol. The third kappa shape index (κ3) is 3.80. The van der Waals surface area contributed by atoms with Gasteiger partial charge in [0, 0.05) is 43.5 Å². The molecule has 2 aromatic rings. The van der Waals surface area contributed by atoms with Crippen LogP contribution in [-0.2, 0) is 4.74 Å². The maximum atomic E-state index is 7.29. The lowest BCUT2D eigenvalue weighted by Gasteiger charge is -2.28. The summed E-state index contributed by atoms with van der Waals surface area (Å²) >= 11 is 0. The highest BCUT2D eigenvalue weighted by Gasteiger charge is 2.19. The fraction of sp³-hybridized carbons (Fsp3) is 0.263. The van der Waals surface area contributed by atoms with E-state index in [9.17, 15) is 0 Å². The molecule has 0 radical (unpaired) electrons. The Kier molecular flexibility index (Phi) is 5.77. The molecule has 1 aliphatic heterocycles. The molecule has 0 aliphatic carbocycles. The number of pyridine rings is 2. The van der Waals surface area contributed by atoms with Gasteiger partial charge >= 0.3 is 0 Å². The highest BCUT2D eigenvalue weighted by atomic mass is 16.5. The summed E-state index contributed by atoms with van der Waals surface area (Å²) in [6.45, 7) is 2.82. The van der Waals surface area contributed by atoms with Crippen molar-refractivity contribution in [3.05, 3.63) is 47.9 Å². The Hall–Kier alpha value is -3.26. The predicted molar refractivity (Wildman–Crippen MR) is 109 cm³/mol. The van der Waals surface area contributed by atoms with Gasteiger partial charge in [0.05, 0.1) is 24.6 Å². The molecule has 1 aliphatic rings. The quantitative estimate of drug-likeness (QED) is 0.686. The summed E-state index contributed by atoms with van der Waals surface area (Å²) in [6.07, 6.45) is 7.54. The molecule has 0 bridgehead atoms. The third-order valence-corrected chi connectivity index (χ3v) is 4.36. The van der Waals surface area contributed by atoms with Crippen molar-refractivity contribution in [2.45, 2.75) is 0 Å². The zero-order chi connectivity index (χ0) is 19.2. The van der Waals surface area contributed by atoms with Gasteiger partial charge in [-0.2, -0.15) is 0 Å². The van der Waals surface area contributed by atoms with Gasteiger partial charge in [0.15, 0.2) is 0 Å². The molecule has 0 amide bonds. The van der Waals surface area contributed by atoms with Gasteiger partial charge in [-0.25, -0.2) is 4.98 Å². The number of rotatable bonds is 5. The minimum atomic E-state index is 0.387. The first-order valence-corrected chi connectivity index (χ1v) is 8.64. The average Bonchev–Trinajstić information content (AvgIpc) is 2.71. The Morgan fingerprint density at radius 3 is 2.81 bits per heavy atom. The van der Waals surface area contributed by atoms with Gasteiger partial charge in [-0.3, -0.25) is 9.98 Å². The zero-order valence-corrected chi connectivity index (χ0v) is 15.2. The molecule has 140 valence electrons. The van der Waals surface area contributed by atoms with E-state index >= 15 is 0 Å². The van der Waals surface area contributed by atoms with Gasteiger partial charge in [0.25, 0.3) is 0 Å². The normalized spacial score (nSPS) is 16.3. The first-order chi connectivity index (χ1) is 13.2. The molecule has 5 N–H and O–H groups in total. The second-order valence-corrected chi connectivity index (χ2v) is 5.94. The Morgan fingerprint density at radius 2 is 2.15 bits per heavy atom. The fourth-order valence-corrected chi connectivity index (χ4v) is 3.06. The lowest BCUT2D eigenvalue weighted by molar-refractivity contribution is 0.122. The van der Waals surface area contributed by atoms with Crippen LogP contribution in [0.1, 0.15) is 11.3 Å². The summed E-state index contributed by atoms with van der Waals surface area (Å²) in [5.74, 6) is 0.810. The Balaban J connectivity index is 2.29. The highest BCUT2D eigenvalue weighted by Crippen LogP contribution is 2.28. The number of allylic oxidation sites excluding steroid dienone is 2. The first kappa shape index (κ1) is 18.5. The molecule has 27 heavy (non-hydrogen) atoms. The van der Waals surface area contributed by atoms with Gasteiger partial charge in [0.2, 0.25) is 0 Å². The summed E-state index contributed by atoms with van der Waals surface area (Å²) < 4.78 is 5.45. The maximum absolute atomic E-state index is 7.29. The summed E-state index contributed by atoms with van der Waals surface area (Å²) in [5, 5.41) is 8.17. The molecule has 3 heterocycles. The van der Waals surface area contributed by atoms with Crippen LogP contribution < -0.4 is 16.4 Å². The fourth-order valence-electron chi connectivity index (χ4n) is 3.06. The molecule has 0 saturated carbocycles. The van der Waals surface area contributed by atoms with Crippen molar-refractivity contribution in [2.24, 2.45) is 16.5 Å². The molecule has 1 saturated heterocycles. The van der Waals surface area contributed by atoms with Gasteiger partial charge in [-0.05, 0) is 30.5 Å². The lowest BCUT2D eigenvalue weighted by atomic mass is 10.0. The maximum Gasteiger partial charge on any atom is 0.130 e. The van der Waals surface area contributed by atoms with Crippen molar-refractivity contribution in [2.75, 3.05) is 38.3 Å². The molecule has 2 aromatic heterocycles. The minimum Gasteiger partial charge on any atom is -0.405 e. The van der Waals surface area contributed by atoms with E-state index in [4.69, 9.17) is 26.6 Å². The summed E-state index contributed by atoms with van der Waals surface area (Å²) in [5.41, 5.74) is 15.0. The summed E-state index contributed by atoms with van der Waals surface area (Å²) in [6, 6.07) is 3.90. The van der Waals surface area contributed by atoms with Gasteiger partial charge in [-0.1, -0.05) is 0 Å². The second kappa shape index (κ2) is 8.41. The number of hydrogen-bond donors (Lipinski definition) is 3. The second-order valence-electron chi connectivity index (χ2n) is 5.94. The molecule has 8 nitrogen and oxygen atoms in total. The smallest absolute Gasteiger partial charge is 0.130 e. The third-order valence-electron chi connectivity index (χ3n) is 4.36. The predicted octanol–water partition coefficient (Wildman–Crippen LogP) is 1.31. The number of aromatic nitrogens is 2. The standard InChI is InChI=1S/C19H23N7O/c1-23-16(3-6-21)14-12-17(26-8-10-27-11-9-26)25-18-13(14)4-7-24-19(18)15(22)2-5-20/h2-7,12,20H,8-11,21-22H2,1H3/b6-3?,15-2-,20-5?,23-16?. The first-order valence-electron chi connectivity index (χ1n) is 8.64. The van der Waals surface area contributed by atoms with Gasteiger partial charge in [0.1, 0.15) is 17.0 Å². The van der Waals surface area contributed by atoms with E-state index in [0.29, 0.717) is 30.1 Å². The zero-order valence-electron chi connectivity index (χ0n) is 15.2. The molecule has 1 fully saturated rings. The number of morpholine rings is 1. The van der Waals surface area contributed by atoms with Crippen LogP contribution in [0.25, 0.3) is 16.6 Å². The topological polar surface area (TPSA) is 126 Å². The van der Waals surface area contributed by atoms with Crippen LogP contribution in [0.2, 0.25) is 0 Å². The minimum absolute atomic E-state index is 0.387. The van der Waals surface area contributed by atoms with Crippen molar-refractivity contribution < 1.29 is 4.74 Å². The molecule has 0 spiro atoms. The number of nitrogens with zero attached hydrogens (tertiary/aromatic N) is 4. The van der Waals surface area contributed by atoms with Crippen LogP contribution in [0.4, 0.5) is 5.82 Å². The summed E-state index contributed by atoms with van der Waals surface area (Å²) in [7, 11) is 1.72. The number of ether oxygens (including phenoxy) is 1. The van der Waals surface area contributed by atoms with Crippen molar-refractivity contribution in [3.8, 4) is 0 Å². The van der Waals surface area contributed by atoms with Crippen LogP contribution in [-0.4, -0.2) is 55.2 Å². The molecular formula is C19H23N7O. The SMILES string of the molecule is CN=C(C=CN)c1cc(N2CCOCC2)nc2c(/C(N)=C/C=N)nccc12. The van der Waals surface area contributed by atoms with E-state index < -0.39 is 0 Å². The number of nitrogens with two attached hydrogens (primary N) is 2. The van der Waals surface area contributed by atoms with Crippen LogP contribution in [0.15, 0.2) is 41.7 Å². The number of anilines is 1. The Bertz CT molecular complexity index is 927. The monoisotopic (exact) mass is 365 g/mol. The molecular weight excluding hydrogens is 342 g/mol. The molecule has 0 aromatic carbocycles. The van der Waals surface area contributed by atoms with Gasteiger partial charge in [-0.15, -0.1) is 0 Å². The van der Waals surface area contributed by atoms with Crippen LogP contribution in [0, 0.1) is 5.41 Å². The molecule has 8 heteroatoms. The van der Waals surface area contributed by atoms with Crippen LogP contribution in [0.3, 0.4) is 0 Å². The van der Waals surface area contributed by atoms with Gasteiger partial charge < -0.3 is 26.5 Å². The van der Waals surface area contributed by atoms with E-state index in [1.807, 2.05) is 12.1 Å². The number of nitrogens with one attached hydrogen (secondary N) is 1. The van der Waals surface area contributed by atoms with E-state index in [1.165, 1.54) is 12.3 Å². The number of hydrogen-bond acceptors (Lipinski definition) is 8. The lowest BCUT2D eigenvalue weighted by Crippen LogP contribution is -2.36. The highest BCUT2D eigenvalue weighted by molar-refractivity contribution is 6.17. The molecule has 3 rings (SSSR count). The Morgan fingerprint density at radius 1 is 1.37 bits per heavy atom. The number of aliphatic imine (C=N–C) groups is 1. The summed E-state index contributed by atoms with van der Waals surface area (Å²) in [4.78, 5) is 15.8. The van der Waals surface area contributed by atoms with Crippen LogP contribution >= 0.6 is 0 Å². The van der Waals surface area contributed by atoms with E-state index in [2.05, 4.69) is 14.9 Å². The molecule has 0 unspecified atom stereocenters.